The van der Waals surface area contributed by atoms with E-state index < -0.39 is 0 Å². The van der Waals surface area contributed by atoms with Crippen LogP contribution < -0.4 is 0 Å². The van der Waals surface area contributed by atoms with Gasteiger partial charge in [-0.25, -0.2) is 0 Å². The van der Waals surface area contributed by atoms with Crippen LogP contribution in [0.2, 0.25) is 0 Å². The van der Waals surface area contributed by atoms with Crippen LogP contribution in [0.5, 0.6) is 0 Å². The number of nitrogens with one attached hydrogen (secondary N) is 1. The van der Waals surface area contributed by atoms with Crippen LogP contribution in [0, 0.1) is 11.3 Å². The smallest absolute Gasteiger partial charge is 0.138 e. The number of hydrogen-bond acceptors (Lipinski definition) is 2. The van der Waals surface area contributed by atoms with Crippen molar-refractivity contribution in [2.75, 3.05) is 0 Å². The molecule has 2 nitrogen and oxygen atoms in total. The predicted octanol–water partition coefficient (Wildman–Crippen LogP) is 2.03. The lowest BCUT2D eigenvalue weighted by Crippen LogP contribution is -2.06. The van der Waals surface area contributed by atoms with Gasteiger partial charge in [0.2, 0.25) is 0 Å². The molecule has 0 heterocycles. The van der Waals surface area contributed by atoms with Crippen LogP contribution in [-0.4, -0.2) is 11.5 Å². The van der Waals surface area contributed by atoms with Crippen molar-refractivity contribution in [2.24, 2.45) is 5.92 Å². The highest BCUT2D eigenvalue weighted by Crippen LogP contribution is 2.02. The SMILES string of the molecule is CC(=N)CC(=O)CC(C)C. The Bertz CT molecular complexity index is 138. The molecule has 0 aliphatic rings. The Kier molecular flexibility index (Phi) is 3.93. The van der Waals surface area contributed by atoms with Crippen molar-refractivity contribution in [3.8, 4) is 0 Å². The van der Waals surface area contributed by atoms with E-state index in [0.717, 1.165) is 0 Å². The first kappa shape index (κ1) is 9.34. The number of ketones is 1. The van der Waals surface area contributed by atoms with E-state index in [2.05, 4.69) is 0 Å². The molecule has 0 aliphatic heterocycles. The van der Waals surface area contributed by atoms with Gasteiger partial charge in [0.1, 0.15) is 5.78 Å². The van der Waals surface area contributed by atoms with E-state index in [1.54, 1.807) is 6.92 Å². The van der Waals surface area contributed by atoms with Crippen LogP contribution in [0.1, 0.15) is 33.6 Å². The van der Waals surface area contributed by atoms with Crippen molar-refractivity contribution in [3.63, 3.8) is 0 Å². The fourth-order valence-electron chi connectivity index (χ4n) is 0.823. The van der Waals surface area contributed by atoms with Crippen LogP contribution in [0.3, 0.4) is 0 Å². The molecule has 0 unspecified atom stereocenters. The maximum absolute atomic E-state index is 10.9. The Balaban J connectivity index is 3.54. The zero-order chi connectivity index (χ0) is 8.15. The molecule has 0 aliphatic carbocycles. The lowest BCUT2D eigenvalue weighted by molar-refractivity contribution is -0.118. The molecule has 0 spiro atoms. The summed E-state index contributed by atoms with van der Waals surface area (Å²) in [5.41, 5.74) is 0.464. The summed E-state index contributed by atoms with van der Waals surface area (Å²) >= 11 is 0. The highest BCUT2D eigenvalue weighted by Gasteiger charge is 2.04. The molecular weight excluding hydrogens is 126 g/mol. The van der Waals surface area contributed by atoms with Gasteiger partial charge in [0.05, 0.1) is 0 Å². The van der Waals surface area contributed by atoms with Gasteiger partial charge >= 0.3 is 0 Å². The average Bonchev–Trinajstić information content (AvgIpc) is 1.58. The van der Waals surface area contributed by atoms with Crippen molar-refractivity contribution in [3.05, 3.63) is 0 Å². The van der Waals surface area contributed by atoms with Gasteiger partial charge in [0, 0.05) is 18.6 Å². The molecule has 0 rings (SSSR count). The number of hydrogen-bond donors (Lipinski definition) is 1. The highest BCUT2D eigenvalue weighted by molar-refractivity contribution is 5.99. The zero-order valence-electron chi connectivity index (χ0n) is 6.90. The standard InChI is InChI=1S/C8H15NO/c1-6(2)4-8(10)5-7(3)9/h6,9H,4-5H2,1-3H3. The average molecular weight is 141 g/mol. The van der Waals surface area contributed by atoms with Gasteiger partial charge in [-0.05, 0) is 12.8 Å². The van der Waals surface area contributed by atoms with Crippen molar-refractivity contribution >= 4 is 11.5 Å². The van der Waals surface area contributed by atoms with Gasteiger partial charge in [0.15, 0.2) is 0 Å². The second-order valence-electron chi connectivity index (χ2n) is 3.09. The lowest BCUT2D eigenvalue weighted by Gasteiger charge is -2.01. The van der Waals surface area contributed by atoms with Gasteiger partial charge in [-0.15, -0.1) is 0 Å². The number of carbonyl (C=O) groups is 1. The monoisotopic (exact) mass is 141 g/mol. The summed E-state index contributed by atoms with van der Waals surface area (Å²) < 4.78 is 0. The molecule has 0 radical (unpaired) electrons. The topological polar surface area (TPSA) is 40.9 Å². The molecule has 0 amide bonds. The summed E-state index contributed by atoms with van der Waals surface area (Å²) in [5.74, 6) is 0.606. The Morgan fingerprint density at radius 2 is 2.00 bits per heavy atom. The first-order valence-corrected chi connectivity index (χ1v) is 3.58. The molecule has 0 atom stereocenters. The summed E-state index contributed by atoms with van der Waals surface area (Å²) in [4.78, 5) is 10.9. The molecule has 2 heteroatoms. The molecular formula is C8H15NO. The third-order valence-corrected chi connectivity index (χ3v) is 1.10. The van der Waals surface area contributed by atoms with Crippen LogP contribution >= 0.6 is 0 Å². The Morgan fingerprint density at radius 1 is 1.50 bits per heavy atom. The molecule has 58 valence electrons. The van der Waals surface area contributed by atoms with Crippen molar-refractivity contribution in [1.82, 2.24) is 0 Å². The molecule has 0 aromatic heterocycles. The minimum atomic E-state index is 0.183. The highest BCUT2D eigenvalue weighted by atomic mass is 16.1. The van der Waals surface area contributed by atoms with Gasteiger partial charge < -0.3 is 5.41 Å². The van der Waals surface area contributed by atoms with Crippen molar-refractivity contribution < 1.29 is 4.79 Å². The Hall–Kier alpha value is -0.660. The number of Topliss-reactive ketones (excluding diaryl/α,β-unsaturated/α-hetero) is 1. The third-order valence-electron chi connectivity index (χ3n) is 1.10. The Labute approximate surface area is 62.1 Å². The summed E-state index contributed by atoms with van der Waals surface area (Å²) in [6.45, 7) is 5.69. The van der Waals surface area contributed by atoms with E-state index in [1.807, 2.05) is 13.8 Å². The van der Waals surface area contributed by atoms with Crippen LogP contribution in [0.25, 0.3) is 0 Å². The molecule has 1 N–H and O–H groups in total. The fraction of sp³-hybridized carbons (Fsp3) is 0.750. The van der Waals surface area contributed by atoms with Crippen LogP contribution in [-0.2, 0) is 4.79 Å². The van der Waals surface area contributed by atoms with E-state index in [-0.39, 0.29) is 5.78 Å². The largest absolute Gasteiger partial charge is 0.310 e. The van der Waals surface area contributed by atoms with Gasteiger partial charge in [-0.1, -0.05) is 13.8 Å². The van der Waals surface area contributed by atoms with Crippen LogP contribution in [0.4, 0.5) is 0 Å². The van der Waals surface area contributed by atoms with Gasteiger partial charge in [0.25, 0.3) is 0 Å². The maximum atomic E-state index is 10.9. The molecule has 0 aromatic carbocycles. The number of rotatable bonds is 4. The van der Waals surface area contributed by atoms with E-state index in [1.165, 1.54) is 0 Å². The second-order valence-corrected chi connectivity index (χ2v) is 3.09. The minimum Gasteiger partial charge on any atom is -0.310 e. The minimum absolute atomic E-state index is 0.183. The lowest BCUT2D eigenvalue weighted by atomic mass is 10.0. The van der Waals surface area contributed by atoms with Gasteiger partial charge in [-0.3, -0.25) is 4.79 Å². The molecule has 10 heavy (non-hydrogen) atoms. The first-order chi connectivity index (χ1) is 4.52. The normalized spacial score (nSPS) is 10.0. The maximum Gasteiger partial charge on any atom is 0.138 e. The molecule has 0 fully saturated rings. The third kappa shape index (κ3) is 5.48. The van der Waals surface area contributed by atoms with E-state index in [9.17, 15) is 4.79 Å². The van der Waals surface area contributed by atoms with Gasteiger partial charge in [-0.2, -0.15) is 0 Å². The Morgan fingerprint density at radius 3 is 2.30 bits per heavy atom. The molecule has 0 aromatic rings. The quantitative estimate of drug-likeness (QED) is 0.598. The van der Waals surface area contributed by atoms with E-state index >= 15 is 0 Å². The summed E-state index contributed by atoms with van der Waals surface area (Å²) in [6, 6.07) is 0. The molecule has 0 bridgehead atoms. The zero-order valence-corrected chi connectivity index (χ0v) is 6.90. The van der Waals surface area contributed by atoms with Crippen LogP contribution in [0.15, 0.2) is 0 Å². The first-order valence-electron chi connectivity index (χ1n) is 3.58. The van der Waals surface area contributed by atoms with Crippen molar-refractivity contribution in [2.45, 2.75) is 33.6 Å². The second kappa shape index (κ2) is 4.20. The molecule has 0 saturated heterocycles. The number of carbonyl (C=O) groups excluding carboxylic acids is 1. The van der Waals surface area contributed by atoms with Crippen molar-refractivity contribution in [1.29, 1.82) is 5.41 Å². The van der Waals surface area contributed by atoms with E-state index in [0.29, 0.717) is 24.5 Å². The van der Waals surface area contributed by atoms with E-state index in [4.69, 9.17) is 5.41 Å². The summed E-state index contributed by atoms with van der Waals surface area (Å²) in [7, 11) is 0. The molecule has 0 saturated carbocycles. The predicted molar refractivity (Wildman–Crippen MR) is 42.5 cm³/mol. The summed E-state index contributed by atoms with van der Waals surface area (Å²) in [5, 5.41) is 7.05. The summed E-state index contributed by atoms with van der Waals surface area (Å²) in [6.07, 6.45) is 0.939. The fourth-order valence-corrected chi connectivity index (χ4v) is 0.823.